The van der Waals surface area contributed by atoms with Crippen LogP contribution in [-0.2, 0) is 12.1 Å². The highest BCUT2D eigenvalue weighted by atomic mass is 16.5. The lowest BCUT2D eigenvalue weighted by Crippen LogP contribution is -2.22. The molecule has 1 aliphatic rings. The number of hydrogen-bond donors (Lipinski definition) is 1. The van der Waals surface area contributed by atoms with Crippen molar-refractivity contribution in [3.63, 3.8) is 0 Å². The van der Waals surface area contributed by atoms with Gasteiger partial charge in [0.05, 0.1) is 30.2 Å². The third-order valence-corrected chi connectivity index (χ3v) is 4.03. The zero-order chi connectivity index (χ0) is 16.3. The van der Waals surface area contributed by atoms with Gasteiger partial charge in [0, 0.05) is 6.07 Å². The van der Waals surface area contributed by atoms with E-state index in [-0.39, 0.29) is 5.54 Å². The minimum absolute atomic E-state index is 0.0496. The van der Waals surface area contributed by atoms with Crippen molar-refractivity contribution >= 4 is 5.69 Å². The molecule has 1 aliphatic carbocycles. The third kappa shape index (κ3) is 4.21. The molecule has 0 aromatic carbocycles. The highest BCUT2D eigenvalue weighted by Gasteiger charge is 2.17. The van der Waals surface area contributed by atoms with Crippen LogP contribution in [0, 0.1) is 0 Å². The molecule has 2 aromatic rings. The lowest BCUT2D eigenvalue weighted by atomic mass is 10.1. The first-order chi connectivity index (χ1) is 11.0. The maximum atomic E-state index is 5.87. The summed E-state index contributed by atoms with van der Waals surface area (Å²) in [5.74, 6) is 0.709. The Kier molecular flexibility index (Phi) is 4.50. The van der Waals surface area contributed by atoms with Crippen molar-refractivity contribution in [3.8, 4) is 5.88 Å². The molecule has 0 aliphatic heterocycles. The standard InChI is InChI=1S/C17H25N5O/c1-17(2,3)22-12-14(20-21-22)11-18-13-8-9-16(19-10-13)23-15-6-4-5-7-15/h8-10,12,15,18H,4-7,11H2,1-3H3. The number of aromatic nitrogens is 4. The molecule has 23 heavy (non-hydrogen) atoms. The van der Waals surface area contributed by atoms with Crippen LogP contribution in [0.5, 0.6) is 5.88 Å². The van der Waals surface area contributed by atoms with Crippen LogP contribution in [0.3, 0.4) is 0 Å². The van der Waals surface area contributed by atoms with E-state index in [1.807, 2.05) is 23.0 Å². The number of pyridine rings is 1. The molecule has 0 bridgehead atoms. The average Bonchev–Trinajstić information content (AvgIpc) is 3.17. The number of hydrogen-bond acceptors (Lipinski definition) is 5. The van der Waals surface area contributed by atoms with Gasteiger partial charge >= 0.3 is 0 Å². The molecule has 6 heteroatoms. The molecule has 0 spiro atoms. The van der Waals surface area contributed by atoms with Gasteiger partial charge in [0.1, 0.15) is 11.8 Å². The Morgan fingerprint density at radius 1 is 1.26 bits per heavy atom. The maximum absolute atomic E-state index is 5.87. The van der Waals surface area contributed by atoms with E-state index >= 15 is 0 Å². The summed E-state index contributed by atoms with van der Waals surface area (Å²) in [5.41, 5.74) is 1.81. The van der Waals surface area contributed by atoms with Crippen molar-refractivity contribution < 1.29 is 4.74 Å². The van der Waals surface area contributed by atoms with Gasteiger partial charge in [-0.05, 0) is 52.5 Å². The summed E-state index contributed by atoms with van der Waals surface area (Å²) < 4.78 is 7.75. The monoisotopic (exact) mass is 315 g/mol. The van der Waals surface area contributed by atoms with Crippen LogP contribution >= 0.6 is 0 Å². The molecule has 0 atom stereocenters. The predicted octanol–water partition coefficient (Wildman–Crippen LogP) is 3.36. The first-order valence-corrected chi connectivity index (χ1v) is 8.29. The number of ether oxygens (including phenoxy) is 1. The number of nitrogens with zero attached hydrogens (tertiary/aromatic N) is 4. The molecule has 0 saturated heterocycles. The van der Waals surface area contributed by atoms with E-state index in [9.17, 15) is 0 Å². The van der Waals surface area contributed by atoms with Gasteiger partial charge in [-0.1, -0.05) is 5.21 Å². The van der Waals surface area contributed by atoms with Crippen molar-refractivity contribution in [2.24, 2.45) is 0 Å². The summed E-state index contributed by atoms with van der Waals surface area (Å²) in [6.07, 6.45) is 8.93. The lowest BCUT2D eigenvalue weighted by Gasteiger charge is -2.17. The minimum atomic E-state index is -0.0496. The van der Waals surface area contributed by atoms with Crippen molar-refractivity contribution in [2.75, 3.05) is 5.32 Å². The molecular formula is C17H25N5O. The van der Waals surface area contributed by atoms with Crippen LogP contribution in [0.1, 0.15) is 52.1 Å². The quantitative estimate of drug-likeness (QED) is 0.916. The Labute approximate surface area is 137 Å². The van der Waals surface area contributed by atoms with Crippen LogP contribution in [0.15, 0.2) is 24.5 Å². The third-order valence-electron chi connectivity index (χ3n) is 4.03. The summed E-state index contributed by atoms with van der Waals surface area (Å²) in [7, 11) is 0. The largest absolute Gasteiger partial charge is 0.474 e. The molecule has 6 nitrogen and oxygen atoms in total. The highest BCUT2D eigenvalue weighted by Crippen LogP contribution is 2.23. The molecule has 0 radical (unpaired) electrons. The van der Waals surface area contributed by atoms with Crippen LogP contribution in [0.4, 0.5) is 5.69 Å². The fourth-order valence-electron chi connectivity index (χ4n) is 2.63. The van der Waals surface area contributed by atoms with Crippen molar-refractivity contribution in [3.05, 3.63) is 30.2 Å². The second-order valence-corrected chi connectivity index (χ2v) is 7.09. The number of anilines is 1. The summed E-state index contributed by atoms with van der Waals surface area (Å²) in [4.78, 5) is 4.37. The maximum Gasteiger partial charge on any atom is 0.213 e. The first-order valence-electron chi connectivity index (χ1n) is 8.29. The SMILES string of the molecule is CC(C)(C)n1cc(CNc2ccc(OC3CCCC3)nc2)nn1. The van der Waals surface area contributed by atoms with Gasteiger partial charge in [-0.3, -0.25) is 0 Å². The molecule has 1 fully saturated rings. The molecule has 1 N–H and O–H groups in total. The molecule has 2 heterocycles. The highest BCUT2D eigenvalue weighted by molar-refractivity contribution is 5.42. The van der Waals surface area contributed by atoms with Crippen LogP contribution in [0.25, 0.3) is 0 Å². The molecule has 2 aromatic heterocycles. The zero-order valence-electron chi connectivity index (χ0n) is 14.1. The molecular weight excluding hydrogens is 290 g/mol. The minimum Gasteiger partial charge on any atom is -0.474 e. The van der Waals surface area contributed by atoms with Crippen molar-refractivity contribution in [1.29, 1.82) is 0 Å². The molecule has 1 saturated carbocycles. The van der Waals surface area contributed by atoms with E-state index in [0.717, 1.165) is 24.2 Å². The summed E-state index contributed by atoms with van der Waals surface area (Å²) >= 11 is 0. The number of nitrogens with one attached hydrogen (secondary N) is 1. The molecule has 3 rings (SSSR count). The smallest absolute Gasteiger partial charge is 0.213 e. The Balaban J connectivity index is 1.53. The van der Waals surface area contributed by atoms with Crippen LogP contribution in [0.2, 0.25) is 0 Å². The van der Waals surface area contributed by atoms with Gasteiger partial charge in [-0.15, -0.1) is 5.10 Å². The van der Waals surface area contributed by atoms with E-state index in [0.29, 0.717) is 18.5 Å². The molecule has 124 valence electrons. The Bertz CT molecular complexity index is 623. The van der Waals surface area contributed by atoms with Crippen LogP contribution < -0.4 is 10.1 Å². The average molecular weight is 315 g/mol. The van der Waals surface area contributed by atoms with E-state index in [4.69, 9.17) is 4.74 Å². The van der Waals surface area contributed by atoms with Gasteiger partial charge in [-0.25, -0.2) is 9.67 Å². The van der Waals surface area contributed by atoms with E-state index < -0.39 is 0 Å². The van der Waals surface area contributed by atoms with Gasteiger partial charge in [0.15, 0.2) is 0 Å². The van der Waals surface area contributed by atoms with Gasteiger partial charge in [0.2, 0.25) is 5.88 Å². The van der Waals surface area contributed by atoms with Crippen LogP contribution in [-0.4, -0.2) is 26.1 Å². The Morgan fingerprint density at radius 2 is 2.04 bits per heavy atom. The molecule has 0 unspecified atom stereocenters. The van der Waals surface area contributed by atoms with E-state index in [1.54, 1.807) is 6.20 Å². The van der Waals surface area contributed by atoms with Gasteiger partial charge < -0.3 is 10.1 Å². The lowest BCUT2D eigenvalue weighted by molar-refractivity contribution is 0.201. The number of rotatable bonds is 5. The fraction of sp³-hybridized carbons (Fsp3) is 0.588. The summed E-state index contributed by atoms with van der Waals surface area (Å²) in [5, 5.41) is 11.7. The van der Waals surface area contributed by atoms with Gasteiger partial charge in [-0.2, -0.15) is 0 Å². The Morgan fingerprint density at radius 3 is 2.65 bits per heavy atom. The van der Waals surface area contributed by atoms with Crippen molar-refractivity contribution in [2.45, 2.75) is 64.6 Å². The predicted molar refractivity (Wildman–Crippen MR) is 89.5 cm³/mol. The fourth-order valence-corrected chi connectivity index (χ4v) is 2.63. The Hall–Kier alpha value is -2.11. The second-order valence-electron chi connectivity index (χ2n) is 7.09. The first kappa shape index (κ1) is 15.8. The normalized spacial score (nSPS) is 15.8. The summed E-state index contributed by atoms with van der Waals surface area (Å²) in [6.45, 7) is 6.93. The van der Waals surface area contributed by atoms with E-state index in [2.05, 4.69) is 41.4 Å². The second kappa shape index (κ2) is 6.56. The topological polar surface area (TPSA) is 64.9 Å². The van der Waals surface area contributed by atoms with E-state index in [1.165, 1.54) is 12.8 Å². The zero-order valence-corrected chi connectivity index (χ0v) is 14.1. The van der Waals surface area contributed by atoms with Crippen molar-refractivity contribution in [1.82, 2.24) is 20.0 Å². The summed E-state index contributed by atoms with van der Waals surface area (Å²) in [6, 6.07) is 3.91. The van der Waals surface area contributed by atoms with Gasteiger partial charge in [0.25, 0.3) is 0 Å². The molecule has 0 amide bonds.